The molecular weight excluding hydrogens is 523 g/mol. The first-order chi connectivity index (χ1) is 18.3. The molecule has 0 fully saturated rings. The Bertz CT molecular complexity index is 1590. The van der Waals surface area contributed by atoms with Crippen LogP contribution in [0.15, 0.2) is 24.3 Å². The molecular formula is C32H37N3O2S2. The zero-order valence-electron chi connectivity index (χ0n) is 23.7. The van der Waals surface area contributed by atoms with Crippen molar-refractivity contribution in [2.24, 2.45) is 22.7 Å². The van der Waals surface area contributed by atoms with E-state index >= 15 is 0 Å². The number of carboxylic acids is 1. The van der Waals surface area contributed by atoms with E-state index < -0.39 is 5.97 Å². The Morgan fingerprint density at radius 1 is 0.846 bits per heavy atom. The van der Waals surface area contributed by atoms with E-state index in [-0.39, 0.29) is 0 Å². The van der Waals surface area contributed by atoms with Crippen molar-refractivity contribution in [1.29, 1.82) is 5.26 Å². The van der Waals surface area contributed by atoms with E-state index in [1.165, 1.54) is 52.3 Å². The summed E-state index contributed by atoms with van der Waals surface area (Å²) in [5.41, 5.74) is 5.78. The van der Waals surface area contributed by atoms with Crippen molar-refractivity contribution in [3.8, 4) is 6.07 Å². The summed E-state index contributed by atoms with van der Waals surface area (Å²) in [6.07, 6.45) is 6.66. The van der Waals surface area contributed by atoms with Gasteiger partial charge in [-0.05, 0) is 96.6 Å². The Labute approximate surface area is 238 Å². The zero-order valence-corrected chi connectivity index (χ0v) is 25.4. The number of thiophene rings is 2. The number of rotatable bonds is 1. The minimum atomic E-state index is -0.862. The van der Waals surface area contributed by atoms with Crippen molar-refractivity contribution < 1.29 is 9.90 Å². The third-order valence-corrected chi connectivity index (χ3v) is 10.5. The van der Waals surface area contributed by atoms with E-state index in [4.69, 9.17) is 20.3 Å². The van der Waals surface area contributed by atoms with Crippen LogP contribution >= 0.6 is 22.7 Å². The second-order valence-electron chi connectivity index (χ2n) is 13.2. The van der Waals surface area contributed by atoms with Crippen LogP contribution in [0, 0.1) is 34.0 Å². The fraction of sp³-hybridized carbons (Fsp3) is 0.500. The quantitative estimate of drug-likeness (QED) is 0.253. The number of aryl methyl sites for hydroxylation is 2. The fourth-order valence-corrected chi connectivity index (χ4v) is 7.59. The van der Waals surface area contributed by atoms with E-state index in [0.29, 0.717) is 21.6 Å². The highest BCUT2D eigenvalue weighted by Crippen LogP contribution is 2.39. The summed E-state index contributed by atoms with van der Waals surface area (Å²) >= 11 is 2.78. The first-order valence-electron chi connectivity index (χ1n) is 13.8. The van der Waals surface area contributed by atoms with E-state index in [0.717, 1.165) is 62.6 Å². The molecule has 4 aromatic rings. The van der Waals surface area contributed by atoms with Crippen molar-refractivity contribution in [3.05, 3.63) is 56.5 Å². The maximum atomic E-state index is 11.1. The van der Waals surface area contributed by atoms with Crippen LogP contribution < -0.4 is 0 Å². The first-order valence-corrected chi connectivity index (χ1v) is 15.4. The fourth-order valence-electron chi connectivity index (χ4n) is 5.89. The number of hydrogen-bond donors (Lipinski definition) is 1. The highest BCUT2D eigenvalue weighted by atomic mass is 32.1. The molecule has 0 aromatic carbocycles. The van der Waals surface area contributed by atoms with Gasteiger partial charge >= 0.3 is 5.97 Å². The van der Waals surface area contributed by atoms with Crippen molar-refractivity contribution in [2.45, 2.75) is 80.1 Å². The van der Waals surface area contributed by atoms with Crippen molar-refractivity contribution in [1.82, 2.24) is 9.97 Å². The number of nitriles is 1. The molecule has 0 radical (unpaired) electrons. The van der Waals surface area contributed by atoms with Crippen LogP contribution in [0.25, 0.3) is 20.4 Å². The summed E-state index contributed by atoms with van der Waals surface area (Å²) in [4.78, 5) is 23.5. The number of hydrogen-bond acceptors (Lipinski definition) is 6. The molecule has 2 aliphatic rings. The Morgan fingerprint density at radius 3 is 1.79 bits per heavy atom. The van der Waals surface area contributed by atoms with Crippen LogP contribution in [0.2, 0.25) is 0 Å². The maximum Gasteiger partial charge on any atom is 0.345 e. The summed E-state index contributed by atoms with van der Waals surface area (Å²) in [6.45, 7) is 13.9. The normalized spacial score (nSPS) is 19.1. The molecule has 2 aliphatic carbocycles. The largest absolute Gasteiger partial charge is 0.477 e. The molecule has 6 rings (SSSR count). The Hall–Kier alpha value is -2.82. The highest BCUT2D eigenvalue weighted by Gasteiger charge is 2.30. The van der Waals surface area contributed by atoms with Gasteiger partial charge in [0.1, 0.15) is 25.5 Å². The Kier molecular flexibility index (Phi) is 7.32. The van der Waals surface area contributed by atoms with Crippen molar-refractivity contribution >= 4 is 49.1 Å². The van der Waals surface area contributed by atoms with Crippen LogP contribution in [-0.2, 0) is 25.7 Å². The van der Waals surface area contributed by atoms with Gasteiger partial charge in [0.2, 0.25) is 0 Å². The average molecular weight is 560 g/mol. The van der Waals surface area contributed by atoms with E-state index in [9.17, 15) is 4.79 Å². The van der Waals surface area contributed by atoms with Gasteiger partial charge in [0.25, 0.3) is 0 Å². The third-order valence-electron chi connectivity index (χ3n) is 8.52. The van der Waals surface area contributed by atoms with Gasteiger partial charge in [0.15, 0.2) is 0 Å². The minimum Gasteiger partial charge on any atom is -0.477 e. The molecule has 1 N–H and O–H groups in total. The molecule has 4 aromatic heterocycles. The van der Waals surface area contributed by atoms with Gasteiger partial charge in [-0.15, -0.1) is 22.7 Å². The number of aromatic carboxylic acids is 1. The Balaban J connectivity index is 0.000000158. The van der Waals surface area contributed by atoms with Gasteiger partial charge < -0.3 is 5.11 Å². The molecule has 2 unspecified atom stereocenters. The maximum absolute atomic E-state index is 11.1. The highest BCUT2D eigenvalue weighted by molar-refractivity contribution is 7.20. The number of pyridine rings is 2. The second kappa shape index (κ2) is 10.3. The van der Waals surface area contributed by atoms with Crippen molar-refractivity contribution in [3.63, 3.8) is 0 Å². The molecule has 2 atom stereocenters. The van der Waals surface area contributed by atoms with Gasteiger partial charge in [0.05, 0.1) is 0 Å². The smallest absolute Gasteiger partial charge is 0.345 e. The van der Waals surface area contributed by atoms with Crippen LogP contribution in [0.3, 0.4) is 0 Å². The molecule has 5 nitrogen and oxygen atoms in total. The van der Waals surface area contributed by atoms with Crippen LogP contribution in [-0.4, -0.2) is 21.0 Å². The standard InChI is InChI=1S/C16H18N2S.C16H19NO2S/c1-16(2,3)12-4-5-14-10(7-12)6-11-8-13(9-17)19-15(11)18-14;1-16(2,3)11-4-5-12-9(7-11)6-10-8-13(15(18)19)20-14(10)17-12/h6,8,12H,4-5,7H2,1-3H3;6,8,11H,4-5,7H2,1-3H3,(H,18,19). The van der Waals surface area contributed by atoms with Gasteiger partial charge in [-0.1, -0.05) is 41.5 Å². The van der Waals surface area contributed by atoms with Gasteiger partial charge in [-0.25, -0.2) is 14.8 Å². The van der Waals surface area contributed by atoms with Gasteiger partial charge in [-0.3, -0.25) is 0 Å². The molecule has 0 aliphatic heterocycles. The van der Waals surface area contributed by atoms with Crippen LogP contribution in [0.1, 0.15) is 91.4 Å². The molecule has 0 bridgehead atoms. The van der Waals surface area contributed by atoms with Gasteiger partial charge in [0, 0.05) is 22.2 Å². The summed E-state index contributed by atoms with van der Waals surface area (Å²) in [5, 5.41) is 20.2. The molecule has 204 valence electrons. The lowest BCUT2D eigenvalue weighted by molar-refractivity contribution is 0.0702. The predicted octanol–water partition coefficient (Wildman–Crippen LogP) is 8.46. The lowest BCUT2D eigenvalue weighted by Crippen LogP contribution is -2.27. The van der Waals surface area contributed by atoms with Crippen molar-refractivity contribution in [2.75, 3.05) is 0 Å². The topological polar surface area (TPSA) is 86.9 Å². The first kappa shape index (κ1) is 27.7. The SMILES string of the molecule is CC(C)(C)C1CCc2nc3sc(C#N)cc3cc2C1.CC(C)(C)C1CCc2nc3sc(C(=O)O)cc3cc2C1. The number of fused-ring (bicyclic) bond motifs is 4. The molecule has 4 heterocycles. The summed E-state index contributed by atoms with van der Waals surface area (Å²) in [7, 11) is 0. The molecule has 0 saturated carbocycles. The molecule has 39 heavy (non-hydrogen) atoms. The van der Waals surface area contributed by atoms with E-state index in [1.807, 2.05) is 6.07 Å². The summed E-state index contributed by atoms with van der Waals surface area (Å²) in [5.74, 6) is 0.540. The number of carboxylic acid groups (broad SMARTS) is 1. The number of aromatic nitrogens is 2. The minimum absolute atomic E-state index is 0.313. The summed E-state index contributed by atoms with van der Waals surface area (Å²) < 4.78 is 0. The second-order valence-corrected chi connectivity index (χ2v) is 15.3. The lowest BCUT2D eigenvalue weighted by atomic mass is 9.71. The van der Waals surface area contributed by atoms with E-state index in [1.54, 1.807) is 6.07 Å². The molecule has 0 saturated heterocycles. The lowest BCUT2D eigenvalue weighted by Gasteiger charge is -2.34. The summed E-state index contributed by atoms with van der Waals surface area (Å²) in [6, 6.07) is 10.3. The number of nitrogens with zero attached hydrogens (tertiary/aromatic N) is 3. The van der Waals surface area contributed by atoms with Crippen LogP contribution in [0.4, 0.5) is 0 Å². The molecule has 0 spiro atoms. The molecule has 7 heteroatoms. The Morgan fingerprint density at radius 2 is 1.33 bits per heavy atom. The zero-order chi connectivity index (χ0) is 28.1. The average Bonchev–Trinajstić information content (AvgIpc) is 3.47. The van der Waals surface area contributed by atoms with Crippen LogP contribution in [0.5, 0.6) is 0 Å². The van der Waals surface area contributed by atoms with Gasteiger partial charge in [-0.2, -0.15) is 5.26 Å². The monoisotopic (exact) mass is 559 g/mol. The third kappa shape index (κ3) is 5.88. The predicted molar refractivity (Wildman–Crippen MR) is 161 cm³/mol. The molecule has 0 amide bonds. The number of carbonyl (C=O) groups is 1. The van der Waals surface area contributed by atoms with E-state index in [2.05, 4.69) is 59.7 Å².